The summed E-state index contributed by atoms with van der Waals surface area (Å²) < 4.78 is 40.0. The van der Waals surface area contributed by atoms with E-state index in [1.54, 1.807) is 23.9 Å². The van der Waals surface area contributed by atoms with Gasteiger partial charge in [-0.2, -0.15) is 0 Å². The Labute approximate surface area is 147 Å². The maximum absolute atomic E-state index is 12.1. The van der Waals surface area contributed by atoms with E-state index in [-0.39, 0.29) is 12.1 Å². The molecule has 0 saturated carbocycles. The maximum Gasteiger partial charge on any atom is 0.573 e. The highest BCUT2D eigenvalue weighted by atomic mass is 32.2. The highest BCUT2D eigenvalue weighted by molar-refractivity contribution is 7.98. The lowest BCUT2D eigenvalue weighted by Gasteiger charge is -2.13. The molecule has 25 heavy (non-hydrogen) atoms. The predicted molar refractivity (Wildman–Crippen MR) is 88.6 cm³/mol. The number of aliphatic hydroxyl groups is 1. The summed E-state index contributed by atoms with van der Waals surface area (Å²) in [5.74, 6) is -0.906. The second-order valence-corrected chi connectivity index (χ2v) is 5.95. The number of alkyl halides is 3. The van der Waals surface area contributed by atoms with Gasteiger partial charge in [0, 0.05) is 17.0 Å². The molecule has 2 aromatic rings. The first kappa shape index (κ1) is 19.1. The third kappa shape index (κ3) is 5.99. The topological polar surface area (TPSA) is 58.6 Å². The van der Waals surface area contributed by atoms with E-state index >= 15 is 0 Å². The van der Waals surface area contributed by atoms with Crippen LogP contribution in [0.2, 0.25) is 0 Å². The van der Waals surface area contributed by atoms with E-state index in [1.165, 1.54) is 12.1 Å². The molecule has 0 fully saturated rings. The van der Waals surface area contributed by atoms with Gasteiger partial charge in [0.15, 0.2) is 0 Å². The van der Waals surface area contributed by atoms with Crippen LogP contribution in [0.4, 0.5) is 13.2 Å². The Morgan fingerprint density at radius 2 is 1.76 bits per heavy atom. The molecule has 1 amide bonds. The first-order valence-electron chi connectivity index (χ1n) is 7.24. The average Bonchev–Trinajstić information content (AvgIpc) is 2.58. The standard InChI is InChI=1S/C17H16F3NO3S/c1-25-14-8-4-11(5-9-14)15(22)10-21-16(23)12-2-6-13(7-3-12)24-17(18,19)20/h2-9,15,22H,10H2,1H3,(H,21,23)/t15-/m1/s1. The Bertz CT molecular complexity index is 703. The van der Waals surface area contributed by atoms with Gasteiger partial charge in [-0.05, 0) is 48.2 Å². The number of thioether (sulfide) groups is 1. The number of rotatable bonds is 6. The maximum atomic E-state index is 12.1. The van der Waals surface area contributed by atoms with Crippen molar-refractivity contribution in [1.29, 1.82) is 0 Å². The molecule has 0 heterocycles. The van der Waals surface area contributed by atoms with Gasteiger partial charge in [0.25, 0.3) is 5.91 Å². The Morgan fingerprint density at radius 3 is 2.28 bits per heavy atom. The van der Waals surface area contributed by atoms with Crippen LogP contribution in [-0.4, -0.2) is 30.2 Å². The Balaban J connectivity index is 1.90. The van der Waals surface area contributed by atoms with Crippen molar-refractivity contribution in [1.82, 2.24) is 5.32 Å². The van der Waals surface area contributed by atoms with E-state index < -0.39 is 24.1 Å². The number of carbonyl (C=O) groups excluding carboxylic acids is 1. The van der Waals surface area contributed by atoms with Crippen LogP contribution in [-0.2, 0) is 0 Å². The van der Waals surface area contributed by atoms with Gasteiger partial charge < -0.3 is 15.2 Å². The monoisotopic (exact) mass is 371 g/mol. The third-order valence-corrected chi connectivity index (χ3v) is 4.05. The van der Waals surface area contributed by atoms with Crippen LogP contribution in [0.3, 0.4) is 0 Å². The number of nitrogens with one attached hydrogen (secondary N) is 1. The van der Waals surface area contributed by atoms with Gasteiger partial charge >= 0.3 is 6.36 Å². The van der Waals surface area contributed by atoms with Gasteiger partial charge in [0.05, 0.1) is 6.10 Å². The summed E-state index contributed by atoms with van der Waals surface area (Å²) in [6, 6.07) is 11.8. The molecule has 1 atom stereocenters. The zero-order valence-corrected chi connectivity index (χ0v) is 14.0. The quantitative estimate of drug-likeness (QED) is 0.759. The summed E-state index contributed by atoms with van der Waals surface area (Å²) >= 11 is 1.58. The van der Waals surface area contributed by atoms with E-state index in [0.717, 1.165) is 17.0 Å². The van der Waals surface area contributed by atoms with Gasteiger partial charge in [-0.3, -0.25) is 4.79 Å². The second kappa shape index (κ2) is 8.26. The number of halogens is 3. The first-order valence-corrected chi connectivity index (χ1v) is 8.47. The summed E-state index contributed by atoms with van der Waals surface area (Å²) in [7, 11) is 0. The highest BCUT2D eigenvalue weighted by Gasteiger charge is 2.31. The summed E-state index contributed by atoms with van der Waals surface area (Å²) in [4.78, 5) is 13.0. The molecule has 2 rings (SSSR count). The largest absolute Gasteiger partial charge is 0.573 e. The second-order valence-electron chi connectivity index (χ2n) is 5.07. The smallest absolute Gasteiger partial charge is 0.406 e. The van der Waals surface area contributed by atoms with Crippen molar-refractivity contribution < 1.29 is 27.8 Å². The van der Waals surface area contributed by atoms with Crippen LogP contribution in [0.5, 0.6) is 5.75 Å². The molecular formula is C17H16F3NO3S. The number of hydrogen-bond acceptors (Lipinski definition) is 4. The summed E-state index contributed by atoms with van der Waals surface area (Å²) in [5.41, 5.74) is 0.825. The molecule has 0 aliphatic heterocycles. The fourth-order valence-electron chi connectivity index (χ4n) is 2.04. The minimum atomic E-state index is -4.78. The molecule has 0 saturated heterocycles. The Morgan fingerprint density at radius 1 is 1.16 bits per heavy atom. The van der Waals surface area contributed by atoms with Crippen LogP contribution >= 0.6 is 11.8 Å². The molecule has 134 valence electrons. The fraction of sp³-hybridized carbons (Fsp3) is 0.235. The van der Waals surface area contributed by atoms with Crippen molar-refractivity contribution in [2.45, 2.75) is 17.4 Å². The number of aliphatic hydroxyl groups excluding tert-OH is 1. The van der Waals surface area contributed by atoms with E-state index in [0.29, 0.717) is 5.56 Å². The molecule has 4 nitrogen and oxygen atoms in total. The predicted octanol–water partition coefficient (Wildman–Crippen LogP) is 3.77. The molecule has 0 radical (unpaired) electrons. The molecule has 0 aliphatic rings. The number of amides is 1. The lowest BCUT2D eigenvalue weighted by molar-refractivity contribution is -0.274. The van der Waals surface area contributed by atoms with Crippen LogP contribution in [0, 0.1) is 0 Å². The van der Waals surface area contributed by atoms with Crippen LogP contribution in [0.25, 0.3) is 0 Å². The van der Waals surface area contributed by atoms with Crippen LogP contribution in [0.1, 0.15) is 22.0 Å². The Kier molecular flexibility index (Phi) is 6.33. The average molecular weight is 371 g/mol. The normalized spacial score (nSPS) is 12.5. The minimum absolute atomic E-state index is 0.0156. The molecule has 8 heteroatoms. The Hall–Kier alpha value is -2.19. The molecule has 0 unspecified atom stereocenters. The van der Waals surface area contributed by atoms with Crippen molar-refractivity contribution >= 4 is 17.7 Å². The molecule has 0 aromatic heterocycles. The van der Waals surface area contributed by atoms with Crippen molar-refractivity contribution in [3.63, 3.8) is 0 Å². The lowest BCUT2D eigenvalue weighted by atomic mass is 10.1. The fourth-order valence-corrected chi connectivity index (χ4v) is 2.45. The zero-order chi connectivity index (χ0) is 18.4. The molecule has 2 N–H and O–H groups in total. The number of benzene rings is 2. The first-order chi connectivity index (χ1) is 11.8. The van der Waals surface area contributed by atoms with Crippen molar-refractivity contribution in [3.8, 4) is 5.75 Å². The van der Waals surface area contributed by atoms with Crippen molar-refractivity contribution in [3.05, 3.63) is 59.7 Å². The minimum Gasteiger partial charge on any atom is -0.406 e. The van der Waals surface area contributed by atoms with Crippen LogP contribution in [0.15, 0.2) is 53.4 Å². The summed E-state index contributed by atoms with van der Waals surface area (Å²) in [5, 5.41) is 12.6. The number of carbonyl (C=O) groups is 1. The molecular weight excluding hydrogens is 355 g/mol. The molecule has 0 aliphatic carbocycles. The van der Waals surface area contributed by atoms with Crippen molar-refractivity contribution in [2.24, 2.45) is 0 Å². The van der Waals surface area contributed by atoms with Crippen molar-refractivity contribution in [2.75, 3.05) is 12.8 Å². The zero-order valence-electron chi connectivity index (χ0n) is 13.2. The van der Waals surface area contributed by atoms with Gasteiger partial charge in [-0.1, -0.05) is 12.1 Å². The SMILES string of the molecule is CSc1ccc([C@H](O)CNC(=O)c2ccc(OC(F)(F)F)cc2)cc1. The lowest BCUT2D eigenvalue weighted by Crippen LogP contribution is -2.28. The molecule has 0 bridgehead atoms. The number of hydrogen-bond donors (Lipinski definition) is 2. The molecule has 2 aromatic carbocycles. The van der Waals surface area contributed by atoms with E-state index in [4.69, 9.17) is 0 Å². The van der Waals surface area contributed by atoms with E-state index in [2.05, 4.69) is 10.1 Å². The van der Waals surface area contributed by atoms with Crippen LogP contribution < -0.4 is 10.1 Å². The summed E-state index contributed by atoms with van der Waals surface area (Å²) in [6.07, 6.45) is -3.72. The third-order valence-electron chi connectivity index (χ3n) is 3.31. The highest BCUT2D eigenvalue weighted by Crippen LogP contribution is 2.23. The van der Waals surface area contributed by atoms with E-state index in [9.17, 15) is 23.1 Å². The van der Waals surface area contributed by atoms with Gasteiger partial charge in [-0.25, -0.2) is 0 Å². The van der Waals surface area contributed by atoms with Gasteiger partial charge in [0.1, 0.15) is 5.75 Å². The summed E-state index contributed by atoms with van der Waals surface area (Å²) in [6.45, 7) is -0.0156. The molecule has 0 spiro atoms. The van der Waals surface area contributed by atoms with E-state index in [1.807, 2.05) is 18.4 Å². The van der Waals surface area contributed by atoms with Gasteiger partial charge in [-0.15, -0.1) is 24.9 Å². The number of ether oxygens (including phenoxy) is 1. The van der Waals surface area contributed by atoms with Gasteiger partial charge in [0.2, 0.25) is 0 Å².